The summed E-state index contributed by atoms with van der Waals surface area (Å²) < 4.78 is 5.81. The van der Waals surface area contributed by atoms with Gasteiger partial charge in [0.15, 0.2) is 0 Å². The van der Waals surface area contributed by atoms with Gasteiger partial charge in [-0.05, 0) is 32.4 Å². The van der Waals surface area contributed by atoms with Crippen molar-refractivity contribution < 1.29 is 4.74 Å². The fourth-order valence-corrected chi connectivity index (χ4v) is 2.27. The molecule has 100 valence electrons. The average molecular weight is 249 g/mol. The van der Waals surface area contributed by atoms with Gasteiger partial charge in [-0.2, -0.15) is 0 Å². The minimum atomic E-state index is -0.0975. The van der Waals surface area contributed by atoms with E-state index in [0.717, 1.165) is 31.0 Å². The number of nitrogens with zero attached hydrogens (tertiary/aromatic N) is 2. The highest BCUT2D eigenvalue weighted by Gasteiger charge is 2.27. The highest BCUT2D eigenvalue weighted by Crippen LogP contribution is 2.20. The summed E-state index contributed by atoms with van der Waals surface area (Å²) in [6, 6.07) is 4.49. The van der Waals surface area contributed by atoms with E-state index in [4.69, 9.17) is 10.5 Å². The van der Waals surface area contributed by atoms with E-state index in [0.29, 0.717) is 6.04 Å². The molecule has 0 aliphatic carbocycles. The lowest BCUT2D eigenvalue weighted by Gasteiger charge is -2.37. The smallest absolute Gasteiger partial charge is 0.0895 e. The van der Waals surface area contributed by atoms with Crippen LogP contribution in [0.25, 0.3) is 0 Å². The van der Waals surface area contributed by atoms with E-state index in [1.807, 2.05) is 25.3 Å². The predicted octanol–water partition coefficient (Wildman–Crippen LogP) is 1.50. The molecule has 4 heteroatoms. The van der Waals surface area contributed by atoms with Crippen molar-refractivity contribution in [2.24, 2.45) is 5.73 Å². The maximum atomic E-state index is 6.29. The summed E-state index contributed by atoms with van der Waals surface area (Å²) in [6.45, 7) is 9.05. The third-order valence-electron chi connectivity index (χ3n) is 3.57. The van der Waals surface area contributed by atoms with Gasteiger partial charge >= 0.3 is 0 Å². The second kappa shape index (κ2) is 5.78. The minimum absolute atomic E-state index is 0.0608. The lowest BCUT2D eigenvalue weighted by molar-refractivity contribution is -0.0503. The topological polar surface area (TPSA) is 51.4 Å². The van der Waals surface area contributed by atoms with Gasteiger partial charge in [-0.3, -0.25) is 9.88 Å². The Balaban J connectivity index is 2.04. The van der Waals surface area contributed by atoms with E-state index in [2.05, 4.69) is 23.7 Å². The van der Waals surface area contributed by atoms with Crippen LogP contribution in [0.5, 0.6) is 0 Å². The Kier molecular flexibility index (Phi) is 4.32. The summed E-state index contributed by atoms with van der Waals surface area (Å²) in [5.74, 6) is 0. The van der Waals surface area contributed by atoms with Crippen molar-refractivity contribution in [3.05, 3.63) is 29.6 Å². The fourth-order valence-electron chi connectivity index (χ4n) is 2.27. The van der Waals surface area contributed by atoms with Gasteiger partial charge in [-0.1, -0.05) is 6.07 Å². The summed E-state index contributed by atoms with van der Waals surface area (Å²) in [7, 11) is 0. The van der Waals surface area contributed by atoms with Gasteiger partial charge in [-0.15, -0.1) is 0 Å². The standard InChI is InChI=1S/C14H23N3O/c1-10(2)17-6-7-18-13(9-17)14(15)12-5-4-11(3)16-8-12/h4-5,8,10,13-14H,6-7,9,15H2,1-3H3. The van der Waals surface area contributed by atoms with Crippen LogP contribution < -0.4 is 5.73 Å². The van der Waals surface area contributed by atoms with Crippen LogP contribution >= 0.6 is 0 Å². The van der Waals surface area contributed by atoms with Gasteiger partial charge < -0.3 is 10.5 Å². The number of nitrogens with two attached hydrogens (primary N) is 1. The number of aryl methyl sites for hydroxylation is 1. The second-order valence-corrected chi connectivity index (χ2v) is 5.26. The number of morpholine rings is 1. The van der Waals surface area contributed by atoms with Crippen molar-refractivity contribution >= 4 is 0 Å². The lowest BCUT2D eigenvalue weighted by Crippen LogP contribution is -2.49. The van der Waals surface area contributed by atoms with Gasteiger partial charge in [0.2, 0.25) is 0 Å². The van der Waals surface area contributed by atoms with Gasteiger partial charge in [0, 0.05) is 31.0 Å². The Morgan fingerprint density at radius 2 is 2.22 bits per heavy atom. The number of pyridine rings is 1. The molecule has 1 saturated heterocycles. The lowest BCUT2D eigenvalue weighted by atomic mass is 10.0. The first-order chi connectivity index (χ1) is 8.58. The minimum Gasteiger partial charge on any atom is -0.374 e. The zero-order chi connectivity index (χ0) is 13.1. The molecule has 0 saturated carbocycles. The number of hydrogen-bond acceptors (Lipinski definition) is 4. The first kappa shape index (κ1) is 13.5. The summed E-state index contributed by atoms with van der Waals surface area (Å²) in [6.07, 6.45) is 1.92. The quantitative estimate of drug-likeness (QED) is 0.882. The van der Waals surface area contributed by atoms with E-state index >= 15 is 0 Å². The van der Waals surface area contributed by atoms with E-state index in [9.17, 15) is 0 Å². The Hall–Kier alpha value is -0.970. The molecular formula is C14H23N3O. The molecule has 1 aliphatic rings. The third-order valence-corrected chi connectivity index (χ3v) is 3.57. The summed E-state index contributed by atoms with van der Waals surface area (Å²) in [5.41, 5.74) is 8.36. The molecule has 1 fully saturated rings. The highest BCUT2D eigenvalue weighted by molar-refractivity contribution is 5.18. The van der Waals surface area contributed by atoms with Crippen molar-refractivity contribution in [2.75, 3.05) is 19.7 Å². The van der Waals surface area contributed by atoms with Crippen LogP contribution in [-0.4, -0.2) is 41.7 Å². The molecule has 18 heavy (non-hydrogen) atoms. The fraction of sp³-hybridized carbons (Fsp3) is 0.643. The van der Waals surface area contributed by atoms with E-state index in [1.54, 1.807) is 0 Å². The monoisotopic (exact) mass is 249 g/mol. The van der Waals surface area contributed by atoms with Gasteiger partial charge in [0.05, 0.1) is 18.8 Å². The Labute approximate surface area is 109 Å². The molecule has 0 bridgehead atoms. The summed E-state index contributed by atoms with van der Waals surface area (Å²) in [4.78, 5) is 6.71. The van der Waals surface area contributed by atoms with Crippen LogP contribution in [0.4, 0.5) is 0 Å². The molecule has 1 aliphatic heterocycles. The summed E-state index contributed by atoms with van der Waals surface area (Å²) >= 11 is 0. The van der Waals surface area contributed by atoms with Crippen molar-refractivity contribution in [3.8, 4) is 0 Å². The molecule has 0 aromatic carbocycles. The maximum absolute atomic E-state index is 6.29. The SMILES string of the molecule is Cc1ccc(C(N)C2CN(C(C)C)CCO2)cn1. The van der Waals surface area contributed by atoms with E-state index < -0.39 is 0 Å². The number of hydrogen-bond donors (Lipinski definition) is 1. The number of ether oxygens (including phenoxy) is 1. The summed E-state index contributed by atoms with van der Waals surface area (Å²) in [5, 5.41) is 0. The van der Waals surface area contributed by atoms with E-state index in [1.165, 1.54) is 0 Å². The molecule has 2 unspecified atom stereocenters. The molecular weight excluding hydrogens is 226 g/mol. The predicted molar refractivity (Wildman–Crippen MR) is 72.4 cm³/mol. The third kappa shape index (κ3) is 3.07. The first-order valence-electron chi connectivity index (χ1n) is 6.61. The molecule has 2 atom stereocenters. The molecule has 1 aromatic heterocycles. The molecule has 2 N–H and O–H groups in total. The Morgan fingerprint density at radius 3 is 2.83 bits per heavy atom. The second-order valence-electron chi connectivity index (χ2n) is 5.26. The van der Waals surface area contributed by atoms with Gasteiger partial charge in [-0.25, -0.2) is 0 Å². The van der Waals surface area contributed by atoms with Crippen LogP contribution in [0.1, 0.15) is 31.1 Å². The molecule has 2 heterocycles. The normalized spacial score (nSPS) is 23.3. The Bertz CT molecular complexity index is 377. The van der Waals surface area contributed by atoms with Crippen molar-refractivity contribution in [3.63, 3.8) is 0 Å². The average Bonchev–Trinajstić information content (AvgIpc) is 2.39. The van der Waals surface area contributed by atoms with Gasteiger partial charge in [0.25, 0.3) is 0 Å². The van der Waals surface area contributed by atoms with Crippen LogP contribution in [0.15, 0.2) is 18.3 Å². The molecule has 1 aromatic rings. The number of aromatic nitrogens is 1. The molecule has 0 radical (unpaired) electrons. The zero-order valence-corrected chi connectivity index (χ0v) is 11.5. The number of rotatable bonds is 3. The molecule has 2 rings (SSSR count). The van der Waals surface area contributed by atoms with Crippen LogP contribution in [0.3, 0.4) is 0 Å². The Morgan fingerprint density at radius 1 is 1.44 bits per heavy atom. The van der Waals surface area contributed by atoms with Gasteiger partial charge in [0.1, 0.15) is 0 Å². The van der Waals surface area contributed by atoms with E-state index in [-0.39, 0.29) is 12.1 Å². The van der Waals surface area contributed by atoms with Crippen LogP contribution in [-0.2, 0) is 4.74 Å². The molecule has 4 nitrogen and oxygen atoms in total. The molecule has 0 spiro atoms. The van der Waals surface area contributed by atoms with Crippen molar-refractivity contribution in [2.45, 2.75) is 39.0 Å². The van der Waals surface area contributed by atoms with Crippen LogP contribution in [0, 0.1) is 6.92 Å². The maximum Gasteiger partial charge on any atom is 0.0895 e. The van der Waals surface area contributed by atoms with Crippen LogP contribution in [0.2, 0.25) is 0 Å². The van der Waals surface area contributed by atoms with Crippen molar-refractivity contribution in [1.29, 1.82) is 0 Å². The largest absolute Gasteiger partial charge is 0.374 e. The van der Waals surface area contributed by atoms with Crippen molar-refractivity contribution in [1.82, 2.24) is 9.88 Å². The molecule has 0 amide bonds. The zero-order valence-electron chi connectivity index (χ0n) is 11.5. The first-order valence-corrected chi connectivity index (χ1v) is 6.61. The highest BCUT2D eigenvalue weighted by atomic mass is 16.5.